The van der Waals surface area contributed by atoms with Crippen LogP contribution in [0.15, 0.2) is 12.1 Å². The van der Waals surface area contributed by atoms with E-state index in [4.69, 9.17) is 0 Å². The summed E-state index contributed by atoms with van der Waals surface area (Å²) in [6.45, 7) is 2.18. The van der Waals surface area contributed by atoms with Crippen molar-refractivity contribution in [2.24, 2.45) is 0 Å². The van der Waals surface area contributed by atoms with Crippen molar-refractivity contribution in [2.45, 2.75) is 38.6 Å². The van der Waals surface area contributed by atoms with Crippen LogP contribution in [0.2, 0.25) is 0 Å². The quantitative estimate of drug-likeness (QED) is 0.918. The summed E-state index contributed by atoms with van der Waals surface area (Å²) in [5.74, 6) is -1.78. The molecule has 0 heterocycles. The zero-order valence-electron chi connectivity index (χ0n) is 11.9. The Kier molecular flexibility index (Phi) is 4.57. The van der Waals surface area contributed by atoms with Gasteiger partial charge in [0, 0.05) is 25.2 Å². The molecular formula is C15H20F2N2O. The summed E-state index contributed by atoms with van der Waals surface area (Å²) in [5.41, 5.74) is -0.108. The van der Waals surface area contributed by atoms with E-state index in [-0.39, 0.29) is 23.2 Å². The second-order valence-electron chi connectivity index (χ2n) is 5.20. The Morgan fingerprint density at radius 3 is 2.35 bits per heavy atom. The van der Waals surface area contributed by atoms with Gasteiger partial charge in [-0.1, -0.05) is 12.8 Å². The third-order valence-corrected chi connectivity index (χ3v) is 3.84. The molecular weight excluding hydrogens is 262 g/mol. The number of rotatable bonds is 4. The van der Waals surface area contributed by atoms with Gasteiger partial charge < -0.3 is 10.2 Å². The van der Waals surface area contributed by atoms with Crippen LogP contribution in [-0.2, 0) is 0 Å². The van der Waals surface area contributed by atoms with Crippen LogP contribution in [0.25, 0.3) is 0 Å². The summed E-state index contributed by atoms with van der Waals surface area (Å²) in [6.07, 6.45) is 4.13. The van der Waals surface area contributed by atoms with Crippen LogP contribution in [0.3, 0.4) is 0 Å². The van der Waals surface area contributed by atoms with Gasteiger partial charge in [-0.3, -0.25) is 4.79 Å². The fourth-order valence-corrected chi connectivity index (χ4v) is 2.70. The number of halogens is 2. The van der Waals surface area contributed by atoms with Crippen LogP contribution in [-0.4, -0.2) is 30.4 Å². The molecule has 1 saturated carbocycles. The highest BCUT2D eigenvalue weighted by atomic mass is 19.1. The van der Waals surface area contributed by atoms with Gasteiger partial charge in [-0.25, -0.2) is 8.78 Å². The molecule has 20 heavy (non-hydrogen) atoms. The lowest BCUT2D eigenvalue weighted by Gasteiger charge is -2.24. The van der Waals surface area contributed by atoms with E-state index < -0.39 is 11.6 Å². The third-order valence-electron chi connectivity index (χ3n) is 3.84. The summed E-state index contributed by atoms with van der Waals surface area (Å²) < 4.78 is 27.7. The molecule has 1 aliphatic carbocycles. The minimum Gasteiger partial charge on any atom is -0.381 e. The average Bonchev–Trinajstić information content (AvgIpc) is 2.95. The summed E-state index contributed by atoms with van der Waals surface area (Å²) in [6, 6.07) is 2.39. The molecule has 5 heteroatoms. The number of carbonyl (C=O) groups is 1. The van der Waals surface area contributed by atoms with Gasteiger partial charge >= 0.3 is 0 Å². The highest BCUT2D eigenvalue weighted by Crippen LogP contribution is 2.25. The van der Waals surface area contributed by atoms with Crippen LogP contribution in [0.5, 0.6) is 0 Å². The molecule has 0 bridgehead atoms. The lowest BCUT2D eigenvalue weighted by Crippen LogP contribution is -2.35. The van der Waals surface area contributed by atoms with E-state index in [0.29, 0.717) is 6.54 Å². The third kappa shape index (κ3) is 2.92. The minimum absolute atomic E-state index is 0.0658. The lowest BCUT2D eigenvalue weighted by atomic mass is 10.1. The van der Waals surface area contributed by atoms with Crippen molar-refractivity contribution >= 4 is 11.6 Å². The van der Waals surface area contributed by atoms with E-state index in [2.05, 4.69) is 5.32 Å². The highest BCUT2D eigenvalue weighted by molar-refractivity contribution is 5.94. The van der Waals surface area contributed by atoms with Crippen LogP contribution in [0, 0.1) is 11.6 Å². The number of amides is 1. The van der Waals surface area contributed by atoms with Crippen LogP contribution >= 0.6 is 0 Å². The largest absolute Gasteiger partial charge is 0.381 e. The minimum atomic E-state index is -0.727. The smallest absolute Gasteiger partial charge is 0.254 e. The average molecular weight is 282 g/mol. The van der Waals surface area contributed by atoms with E-state index in [1.54, 1.807) is 18.9 Å². The molecule has 0 aromatic heterocycles. The molecule has 0 atom stereocenters. The van der Waals surface area contributed by atoms with E-state index in [1.165, 1.54) is 0 Å². The number of hydrogen-bond acceptors (Lipinski definition) is 2. The molecule has 1 aromatic carbocycles. The van der Waals surface area contributed by atoms with E-state index in [9.17, 15) is 13.6 Å². The van der Waals surface area contributed by atoms with Crippen molar-refractivity contribution in [1.82, 2.24) is 4.90 Å². The molecule has 1 N–H and O–H groups in total. The Hall–Kier alpha value is -1.65. The molecule has 0 spiro atoms. The molecule has 0 aliphatic heterocycles. The molecule has 2 rings (SSSR count). The van der Waals surface area contributed by atoms with Gasteiger partial charge in [-0.15, -0.1) is 0 Å². The second-order valence-corrected chi connectivity index (χ2v) is 5.20. The van der Waals surface area contributed by atoms with Crippen molar-refractivity contribution in [2.75, 3.05) is 18.9 Å². The first kappa shape index (κ1) is 14.8. The topological polar surface area (TPSA) is 32.3 Å². The van der Waals surface area contributed by atoms with Crippen molar-refractivity contribution < 1.29 is 13.6 Å². The van der Waals surface area contributed by atoms with Crippen molar-refractivity contribution in [3.05, 3.63) is 29.3 Å². The number of nitrogens with one attached hydrogen (secondary N) is 1. The lowest BCUT2D eigenvalue weighted by molar-refractivity contribution is 0.0734. The molecule has 0 saturated heterocycles. The van der Waals surface area contributed by atoms with Gasteiger partial charge in [0.15, 0.2) is 0 Å². The number of benzene rings is 1. The Balaban J connectivity index is 2.21. The van der Waals surface area contributed by atoms with Gasteiger partial charge in [0.2, 0.25) is 0 Å². The van der Waals surface area contributed by atoms with Gasteiger partial charge in [0.25, 0.3) is 5.91 Å². The maximum Gasteiger partial charge on any atom is 0.254 e. The first-order valence-electron chi connectivity index (χ1n) is 7.04. The Bertz CT molecular complexity index is 476. The number of anilines is 1. The van der Waals surface area contributed by atoms with Gasteiger partial charge in [-0.2, -0.15) is 0 Å². The molecule has 1 fully saturated rings. The zero-order valence-corrected chi connectivity index (χ0v) is 11.9. The summed E-state index contributed by atoms with van der Waals surface area (Å²) >= 11 is 0. The van der Waals surface area contributed by atoms with Crippen LogP contribution in [0.4, 0.5) is 14.5 Å². The Morgan fingerprint density at radius 1 is 1.30 bits per heavy atom. The van der Waals surface area contributed by atoms with Gasteiger partial charge in [0.05, 0.1) is 0 Å². The first-order valence-corrected chi connectivity index (χ1v) is 7.04. The molecule has 3 nitrogen and oxygen atoms in total. The van der Waals surface area contributed by atoms with E-state index >= 15 is 0 Å². The monoisotopic (exact) mass is 282 g/mol. The number of carbonyl (C=O) groups excluding carboxylic acids is 1. The van der Waals surface area contributed by atoms with Crippen LogP contribution in [0.1, 0.15) is 43.0 Å². The van der Waals surface area contributed by atoms with E-state index in [1.807, 2.05) is 0 Å². The van der Waals surface area contributed by atoms with E-state index in [0.717, 1.165) is 37.8 Å². The van der Waals surface area contributed by atoms with Gasteiger partial charge in [-0.05, 0) is 31.9 Å². The summed E-state index contributed by atoms with van der Waals surface area (Å²) in [5, 5.41) is 2.62. The number of nitrogens with zero attached hydrogens (tertiary/aromatic N) is 1. The fourth-order valence-electron chi connectivity index (χ4n) is 2.70. The second kappa shape index (κ2) is 6.20. The van der Waals surface area contributed by atoms with Gasteiger partial charge in [0.1, 0.15) is 17.3 Å². The molecule has 1 aliphatic rings. The van der Waals surface area contributed by atoms with Crippen LogP contribution < -0.4 is 5.32 Å². The first-order chi connectivity index (χ1) is 9.54. The normalized spacial score (nSPS) is 15.4. The molecule has 110 valence electrons. The summed E-state index contributed by atoms with van der Waals surface area (Å²) in [4.78, 5) is 13.9. The molecule has 1 aromatic rings. The van der Waals surface area contributed by atoms with Crippen molar-refractivity contribution in [1.29, 1.82) is 0 Å². The zero-order chi connectivity index (χ0) is 14.7. The predicted molar refractivity (Wildman–Crippen MR) is 74.9 cm³/mol. The van der Waals surface area contributed by atoms with Crippen molar-refractivity contribution in [3.63, 3.8) is 0 Å². The molecule has 1 amide bonds. The Morgan fingerprint density at radius 2 is 1.85 bits per heavy atom. The Labute approximate surface area is 118 Å². The predicted octanol–water partition coefficient (Wildman–Crippen LogP) is 3.41. The van der Waals surface area contributed by atoms with Crippen molar-refractivity contribution in [3.8, 4) is 0 Å². The summed E-state index contributed by atoms with van der Waals surface area (Å²) in [7, 11) is 1.70. The maximum atomic E-state index is 13.8. The maximum absolute atomic E-state index is 13.8. The SMILES string of the molecule is CCNc1c(F)cc(C(=O)N(C)C2CCCC2)cc1F. The standard InChI is InChI=1S/C15H20F2N2O/c1-3-18-14-12(16)8-10(9-13(14)17)15(20)19(2)11-6-4-5-7-11/h8-9,11,18H,3-7H2,1-2H3. The fraction of sp³-hybridized carbons (Fsp3) is 0.533. The highest BCUT2D eigenvalue weighted by Gasteiger charge is 2.25. The number of hydrogen-bond donors (Lipinski definition) is 1. The molecule has 0 radical (unpaired) electrons. The molecule has 0 unspecified atom stereocenters.